The van der Waals surface area contributed by atoms with E-state index in [9.17, 15) is 9.70 Å². The summed E-state index contributed by atoms with van der Waals surface area (Å²) in [6.45, 7) is 0. The first kappa shape index (κ1) is 9.67. The van der Waals surface area contributed by atoms with Gasteiger partial charge >= 0.3 is 5.91 Å². The first-order valence-corrected chi connectivity index (χ1v) is 4.01. The monoisotopic (exact) mass is 193 g/mol. The molecule has 0 radical (unpaired) electrons. The largest absolute Gasteiger partial charge is 0.309 e. The lowest BCUT2D eigenvalue weighted by Gasteiger charge is -1.92. The zero-order valence-corrected chi connectivity index (χ0v) is 7.57. The minimum atomic E-state index is -0.782. The molecule has 1 rings (SSSR count). The third-order valence-corrected chi connectivity index (χ3v) is 1.70. The van der Waals surface area contributed by atoms with Crippen molar-refractivity contribution in [3.05, 3.63) is 40.8 Å². The summed E-state index contributed by atoms with van der Waals surface area (Å²) >= 11 is 4.10. The van der Waals surface area contributed by atoms with Gasteiger partial charge in [0.1, 0.15) is 0 Å². The van der Waals surface area contributed by atoms with Crippen molar-refractivity contribution < 1.29 is 4.79 Å². The first-order chi connectivity index (χ1) is 6.22. The molecule has 0 atom stereocenters. The van der Waals surface area contributed by atoms with E-state index in [4.69, 9.17) is 0 Å². The van der Waals surface area contributed by atoms with Crippen LogP contribution in [0, 0.1) is 4.91 Å². The second-order valence-electron chi connectivity index (χ2n) is 2.35. The van der Waals surface area contributed by atoms with Crippen LogP contribution in [0.2, 0.25) is 0 Å². The first-order valence-electron chi connectivity index (χ1n) is 3.57. The fraction of sp³-hybridized carbons (Fsp3) is 0. The van der Waals surface area contributed by atoms with Crippen LogP contribution in [0.3, 0.4) is 0 Å². The quantitative estimate of drug-likeness (QED) is 0.445. The minimum Gasteiger partial charge on any atom is -0.264 e. The van der Waals surface area contributed by atoms with Crippen LogP contribution in [0.1, 0.15) is 5.56 Å². The Morgan fingerprint density at radius 2 is 1.92 bits per heavy atom. The SMILES string of the molecule is O=NC(=O)/C=C/c1ccc(S)cc1. The van der Waals surface area contributed by atoms with Crippen LogP contribution in [0.4, 0.5) is 0 Å². The predicted octanol–water partition coefficient (Wildman–Crippen LogP) is 2.28. The second-order valence-corrected chi connectivity index (χ2v) is 2.87. The number of hydrogen-bond acceptors (Lipinski definition) is 3. The van der Waals surface area contributed by atoms with Crippen molar-refractivity contribution in [2.24, 2.45) is 5.18 Å². The van der Waals surface area contributed by atoms with Gasteiger partial charge in [0.2, 0.25) is 0 Å². The van der Waals surface area contributed by atoms with Crippen molar-refractivity contribution in [3.63, 3.8) is 0 Å². The van der Waals surface area contributed by atoms with Gasteiger partial charge in [0, 0.05) is 16.1 Å². The van der Waals surface area contributed by atoms with Crippen LogP contribution < -0.4 is 0 Å². The summed E-state index contributed by atoms with van der Waals surface area (Å²) < 4.78 is 0. The molecule has 0 bridgehead atoms. The predicted molar refractivity (Wildman–Crippen MR) is 53.5 cm³/mol. The number of carbonyl (C=O) groups excluding carboxylic acids is 1. The zero-order chi connectivity index (χ0) is 9.68. The number of benzene rings is 1. The Labute approximate surface area is 80.8 Å². The smallest absolute Gasteiger partial charge is 0.264 e. The Balaban J connectivity index is 2.74. The molecule has 0 aliphatic rings. The normalized spacial score (nSPS) is 10.2. The van der Waals surface area contributed by atoms with E-state index < -0.39 is 5.91 Å². The lowest BCUT2D eigenvalue weighted by atomic mass is 10.2. The maximum Gasteiger partial charge on any atom is 0.309 e. The molecule has 0 saturated heterocycles. The molecule has 0 spiro atoms. The van der Waals surface area contributed by atoms with Crippen molar-refractivity contribution in [3.8, 4) is 0 Å². The highest BCUT2D eigenvalue weighted by molar-refractivity contribution is 7.80. The Hall–Kier alpha value is -1.42. The highest BCUT2D eigenvalue weighted by atomic mass is 32.1. The zero-order valence-electron chi connectivity index (χ0n) is 6.68. The van der Waals surface area contributed by atoms with E-state index in [2.05, 4.69) is 17.8 Å². The Kier molecular flexibility index (Phi) is 3.40. The maximum absolute atomic E-state index is 10.5. The van der Waals surface area contributed by atoms with Gasteiger partial charge < -0.3 is 0 Å². The number of rotatable bonds is 2. The Morgan fingerprint density at radius 1 is 1.31 bits per heavy atom. The number of thiol groups is 1. The molecule has 13 heavy (non-hydrogen) atoms. The fourth-order valence-corrected chi connectivity index (χ4v) is 0.932. The van der Waals surface area contributed by atoms with Crippen molar-refractivity contribution >= 4 is 24.6 Å². The van der Waals surface area contributed by atoms with E-state index >= 15 is 0 Å². The lowest BCUT2D eigenvalue weighted by molar-refractivity contribution is -0.113. The van der Waals surface area contributed by atoms with Gasteiger partial charge in [-0.3, -0.25) is 4.79 Å². The van der Waals surface area contributed by atoms with Gasteiger partial charge in [0.25, 0.3) is 0 Å². The Bertz CT molecular complexity index is 343. The highest BCUT2D eigenvalue weighted by Crippen LogP contribution is 2.08. The molecule has 1 aromatic carbocycles. The molecule has 0 saturated carbocycles. The van der Waals surface area contributed by atoms with Gasteiger partial charge in [-0.1, -0.05) is 12.1 Å². The van der Waals surface area contributed by atoms with E-state index in [0.29, 0.717) is 0 Å². The average molecular weight is 193 g/mol. The number of amides is 1. The molecule has 1 amide bonds. The molecular weight excluding hydrogens is 186 g/mol. The van der Waals surface area contributed by atoms with Gasteiger partial charge in [-0.2, -0.15) is 0 Å². The number of hydrogen-bond donors (Lipinski definition) is 1. The number of nitroso groups, excluding NO2 is 1. The van der Waals surface area contributed by atoms with Crippen molar-refractivity contribution in [2.75, 3.05) is 0 Å². The molecule has 0 aromatic heterocycles. The number of carbonyl (C=O) groups is 1. The van der Waals surface area contributed by atoms with Crippen LogP contribution in [-0.2, 0) is 4.79 Å². The van der Waals surface area contributed by atoms with Crippen molar-refractivity contribution in [2.45, 2.75) is 4.90 Å². The standard InChI is InChI=1S/C9H7NO2S/c11-9(10-12)6-3-7-1-4-8(13)5-2-7/h1-6,13H/b6-3+. The number of nitrogens with zero attached hydrogens (tertiary/aromatic N) is 1. The summed E-state index contributed by atoms with van der Waals surface area (Å²) in [5, 5.41) is 2.23. The van der Waals surface area contributed by atoms with Crippen LogP contribution in [0.25, 0.3) is 6.08 Å². The molecule has 0 unspecified atom stereocenters. The third-order valence-electron chi connectivity index (χ3n) is 1.40. The summed E-state index contributed by atoms with van der Waals surface area (Å²) in [7, 11) is 0. The third kappa shape index (κ3) is 3.21. The molecule has 1 aromatic rings. The summed E-state index contributed by atoms with van der Waals surface area (Å²) in [5.41, 5.74) is 0.829. The summed E-state index contributed by atoms with van der Waals surface area (Å²) in [4.78, 5) is 21.0. The van der Waals surface area contributed by atoms with E-state index in [0.717, 1.165) is 16.5 Å². The second kappa shape index (κ2) is 4.57. The molecule has 0 heterocycles. The lowest BCUT2D eigenvalue weighted by Crippen LogP contribution is -1.82. The van der Waals surface area contributed by atoms with E-state index in [1.54, 1.807) is 24.3 Å². The molecular formula is C9H7NO2S. The molecule has 0 aliphatic carbocycles. The van der Waals surface area contributed by atoms with Crippen molar-refractivity contribution in [1.29, 1.82) is 0 Å². The van der Waals surface area contributed by atoms with Gasteiger partial charge in [0.15, 0.2) is 0 Å². The minimum absolute atomic E-state index is 0.782. The average Bonchev–Trinajstić information content (AvgIpc) is 2.16. The molecule has 3 nitrogen and oxygen atoms in total. The topological polar surface area (TPSA) is 46.5 Å². The molecule has 0 N–H and O–H groups in total. The summed E-state index contributed by atoms with van der Waals surface area (Å²) in [5.74, 6) is -0.782. The highest BCUT2D eigenvalue weighted by Gasteiger charge is 1.91. The van der Waals surface area contributed by atoms with Crippen LogP contribution >= 0.6 is 12.6 Å². The van der Waals surface area contributed by atoms with Gasteiger partial charge in [-0.25, -0.2) is 0 Å². The fourth-order valence-electron chi connectivity index (χ4n) is 0.783. The van der Waals surface area contributed by atoms with E-state index in [1.165, 1.54) is 6.08 Å². The van der Waals surface area contributed by atoms with Crippen molar-refractivity contribution in [1.82, 2.24) is 0 Å². The van der Waals surface area contributed by atoms with Gasteiger partial charge in [-0.05, 0) is 23.8 Å². The molecule has 0 fully saturated rings. The van der Waals surface area contributed by atoms with E-state index in [1.807, 2.05) is 0 Å². The maximum atomic E-state index is 10.5. The molecule has 0 aliphatic heterocycles. The van der Waals surface area contributed by atoms with Crippen LogP contribution in [0.15, 0.2) is 40.4 Å². The van der Waals surface area contributed by atoms with Gasteiger partial charge in [0.05, 0.1) is 0 Å². The summed E-state index contributed by atoms with van der Waals surface area (Å²) in [6.07, 6.45) is 2.65. The van der Waals surface area contributed by atoms with Crippen LogP contribution in [0.5, 0.6) is 0 Å². The summed E-state index contributed by atoms with van der Waals surface area (Å²) in [6, 6.07) is 7.16. The van der Waals surface area contributed by atoms with Crippen LogP contribution in [-0.4, -0.2) is 5.91 Å². The molecule has 4 heteroatoms. The Morgan fingerprint density at radius 3 is 2.46 bits per heavy atom. The van der Waals surface area contributed by atoms with E-state index in [-0.39, 0.29) is 0 Å². The van der Waals surface area contributed by atoms with Gasteiger partial charge in [-0.15, -0.1) is 17.5 Å². The molecule has 66 valence electrons.